The van der Waals surface area contributed by atoms with E-state index in [4.69, 9.17) is 0 Å². The summed E-state index contributed by atoms with van der Waals surface area (Å²) in [5.41, 5.74) is 1.93. The Labute approximate surface area is 126 Å². The first-order valence-corrected chi connectivity index (χ1v) is 7.00. The highest BCUT2D eigenvalue weighted by Gasteiger charge is 2.11. The molecule has 0 spiro atoms. The third-order valence-electron chi connectivity index (χ3n) is 3.12. The molecule has 1 rings (SSSR count). The number of urea groups is 2. The number of rotatable bonds is 5. The van der Waals surface area contributed by atoms with Crippen molar-refractivity contribution in [1.29, 1.82) is 0 Å². The first-order chi connectivity index (χ1) is 9.95. The van der Waals surface area contributed by atoms with Crippen LogP contribution in [0.3, 0.4) is 0 Å². The molecule has 0 aromatic heterocycles. The summed E-state index contributed by atoms with van der Waals surface area (Å²) < 4.78 is 0. The average molecular weight is 292 g/mol. The Morgan fingerprint density at radius 1 is 1.10 bits per heavy atom. The zero-order valence-corrected chi connectivity index (χ0v) is 13.1. The molecule has 0 saturated carbocycles. The lowest BCUT2D eigenvalue weighted by molar-refractivity contribution is 0.211. The largest absolute Gasteiger partial charge is 0.336 e. The monoisotopic (exact) mass is 292 g/mol. The number of hydrogen-bond donors (Lipinski definition) is 2. The lowest BCUT2D eigenvalue weighted by Crippen LogP contribution is -2.41. The summed E-state index contributed by atoms with van der Waals surface area (Å²) in [5.74, 6) is 0. The van der Waals surface area contributed by atoms with Gasteiger partial charge in [0.05, 0.1) is 0 Å². The van der Waals surface area contributed by atoms with E-state index in [0.717, 1.165) is 17.7 Å². The molecule has 4 amide bonds. The maximum absolute atomic E-state index is 12.1. The summed E-state index contributed by atoms with van der Waals surface area (Å²) >= 11 is 0. The summed E-state index contributed by atoms with van der Waals surface area (Å²) in [6.45, 7) is 2.90. The number of benzene rings is 1. The highest BCUT2D eigenvalue weighted by Crippen LogP contribution is 2.15. The van der Waals surface area contributed by atoms with Crippen molar-refractivity contribution in [2.24, 2.45) is 0 Å². The molecule has 2 N–H and O–H groups in total. The minimum atomic E-state index is -0.185. The number of aryl methyl sites for hydroxylation is 1. The van der Waals surface area contributed by atoms with Crippen LogP contribution in [-0.2, 0) is 6.42 Å². The number of carbonyl (C=O) groups excluding carboxylic acids is 2. The summed E-state index contributed by atoms with van der Waals surface area (Å²) in [5, 5.41) is 5.61. The smallest absolute Gasteiger partial charge is 0.321 e. The lowest BCUT2D eigenvalue weighted by Gasteiger charge is -2.20. The van der Waals surface area contributed by atoms with Crippen molar-refractivity contribution >= 4 is 17.7 Å². The van der Waals surface area contributed by atoms with Crippen molar-refractivity contribution in [2.75, 3.05) is 39.5 Å². The normalized spacial score (nSPS) is 9.90. The number of anilines is 1. The zero-order valence-electron chi connectivity index (χ0n) is 13.1. The van der Waals surface area contributed by atoms with Crippen molar-refractivity contribution in [3.8, 4) is 0 Å². The Kier molecular flexibility index (Phi) is 6.52. The second-order valence-corrected chi connectivity index (χ2v) is 4.99. The van der Waals surface area contributed by atoms with E-state index in [1.54, 1.807) is 26.0 Å². The predicted molar refractivity (Wildman–Crippen MR) is 84.6 cm³/mol. The Hall–Kier alpha value is -2.24. The van der Waals surface area contributed by atoms with Gasteiger partial charge in [-0.3, -0.25) is 0 Å². The number of para-hydroxylation sites is 1. The molecule has 0 radical (unpaired) electrons. The molecule has 0 aliphatic carbocycles. The van der Waals surface area contributed by atoms with Crippen LogP contribution in [0, 0.1) is 0 Å². The van der Waals surface area contributed by atoms with Crippen LogP contribution in [0.25, 0.3) is 0 Å². The Morgan fingerprint density at radius 3 is 2.38 bits per heavy atom. The first kappa shape index (κ1) is 16.8. The highest BCUT2D eigenvalue weighted by molar-refractivity contribution is 5.90. The fourth-order valence-corrected chi connectivity index (χ4v) is 1.75. The SMILES string of the molecule is CCc1ccccc1NC(=O)N(C)CCNC(=O)N(C)C. The van der Waals surface area contributed by atoms with Gasteiger partial charge in [-0.05, 0) is 18.1 Å². The van der Waals surface area contributed by atoms with Gasteiger partial charge in [-0.25, -0.2) is 9.59 Å². The summed E-state index contributed by atoms with van der Waals surface area (Å²) in [7, 11) is 5.05. The summed E-state index contributed by atoms with van der Waals surface area (Å²) in [6.07, 6.45) is 0.860. The van der Waals surface area contributed by atoms with Gasteiger partial charge in [-0.2, -0.15) is 0 Å². The van der Waals surface area contributed by atoms with Gasteiger partial charge < -0.3 is 20.4 Å². The van der Waals surface area contributed by atoms with Crippen LogP contribution in [0.4, 0.5) is 15.3 Å². The minimum absolute atomic E-state index is 0.167. The quantitative estimate of drug-likeness (QED) is 0.871. The maximum atomic E-state index is 12.1. The van der Waals surface area contributed by atoms with Gasteiger partial charge in [0.25, 0.3) is 0 Å². The Bertz CT molecular complexity index is 488. The molecule has 1 aromatic rings. The number of hydrogen-bond acceptors (Lipinski definition) is 2. The number of amides is 4. The molecule has 0 aliphatic rings. The third kappa shape index (κ3) is 5.33. The molecule has 0 fully saturated rings. The molecule has 0 bridgehead atoms. The number of likely N-dealkylation sites (N-methyl/N-ethyl adjacent to an activating group) is 1. The first-order valence-electron chi connectivity index (χ1n) is 7.00. The molecule has 0 heterocycles. The molecule has 6 nitrogen and oxygen atoms in total. The van der Waals surface area contributed by atoms with E-state index >= 15 is 0 Å². The topological polar surface area (TPSA) is 64.7 Å². The van der Waals surface area contributed by atoms with Gasteiger partial charge in [0.1, 0.15) is 0 Å². The number of nitrogens with one attached hydrogen (secondary N) is 2. The van der Waals surface area contributed by atoms with Gasteiger partial charge >= 0.3 is 12.1 Å². The van der Waals surface area contributed by atoms with E-state index in [1.807, 2.05) is 31.2 Å². The average Bonchev–Trinajstić information content (AvgIpc) is 2.47. The van der Waals surface area contributed by atoms with E-state index in [2.05, 4.69) is 10.6 Å². The van der Waals surface area contributed by atoms with E-state index in [1.165, 1.54) is 4.90 Å². The number of carbonyl (C=O) groups is 2. The van der Waals surface area contributed by atoms with Crippen LogP contribution >= 0.6 is 0 Å². The van der Waals surface area contributed by atoms with Crippen LogP contribution in [-0.4, -0.2) is 56.1 Å². The predicted octanol–water partition coefficient (Wildman–Crippen LogP) is 1.98. The van der Waals surface area contributed by atoms with Crippen LogP contribution in [0.1, 0.15) is 12.5 Å². The van der Waals surface area contributed by atoms with Crippen LogP contribution in [0.5, 0.6) is 0 Å². The molecule has 0 saturated heterocycles. The fraction of sp³-hybridized carbons (Fsp3) is 0.467. The van der Waals surface area contributed by atoms with Gasteiger partial charge in [0.2, 0.25) is 0 Å². The zero-order chi connectivity index (χ0) is 15.8. The number of nitrogens with zero attached hydrogens (tertiary/aromatic N) is 2. The second-order valence-electron chi connectivity index (χ2n) is 4.99. The molecular formula is C15H24N4O2. The molecule has 0 unspecified atom stereocenters. The van der Waals surface area contributed by atoms with Gasteiger partial charge in [0, 0.05) is 39.9 Å². The van der Waals surface area contributed by atoms with Crippen molar-refractivity contribution in [3.05, 3.63) is 29.8 Å². The molecule has 6 heteroatoms. The maximum Gasteiger partial charge on any atom is 0.321 e. The van der Waals surface area contributed by atoms with Crippen molar-refractivity contribution in [1.82, 2.24) is 15.1 Å². The summed E-state index contributed by atoms with van der Waals surface area (Å²) in [6, 6.07) is 7.38. The standard InChI is InChI=1S/C15H24N4O2/c1-5-12-8-6-7-9-13(12)17-15(21)19(4)11-10-16-14(20)18(2)3/h6-9H,5,10-11H2,1-4H3,(H,16,20)(H,17,21). The highest BCUT2D eigenvalue weighted by atomic mass is 16.2. The fourth-order valence-electron chi connectivity index (χ4n) is 1.75. The van der Waals surface area contributed by atoms with Crippen LogP contribution in [0.2, 0.25) is 0 Å². The molecule has 0 atom stereocenters. The molecule has 116 valence electrons. The molecule has 0 aliphatic heterocycles. The molecular weight excluding hydrogens is 268 g/mol. The molecule has 21 heavy (non-hydrogen) atoms. The van der Waals surface area contributed by atoms with Gasteiger partial charge in [-0.15, -0.1) is 0 Å². The van der Waals surface area contributed by atoms with Gasteiger partial charge in [0.15, 0.2) is 0 Å². The van der Waals surface area contributed by atoms with E-state index in [9.17, 15) is 9.59 Å². The van der Waals surface area contributed by atoms with Crippen molar-refractivity contribution in [2.45, 2.75) is 13.3 Å². The minimum Gasteiger partial charge on any atom is -0.336 e. The lowest BCUT2D eigenvalue weighted by atomic mass is 10.1. The molecule has 1 aromatic carbocycles. The van der Waals surface area contributed by atoms with Crippen LogP contribution < -0.4 is 10.6 Å². The van der Waals surface area contributed by atoms with E-state index in [-0.39, 0.29) is 12.1 Å². The Morgan fingerprint density at radius 2 is 1.76 bits per heavy atom. The van der Waals surface area contributed by atoms with E-state index in [0.29, 0.717) is 13.1 Å². The van der Waals surface area contributed by atoms with E-state index < -0.39 is 0 Å². The van der Waals surface area contributed by atoms with Crippen molar-refractivity contribution in [3.63, 3.8) is 0 Å². The summed E-state index contributed by atoms with van der Waals surface area (Å²) in [4.78, 5) is 26.4. The van der Waals surface area contributed by atoms with Gasteiger partial charge in [-0.1, -0.05) is 25.1 Å². The van der Waals surface area contributed by atoms with Crippen molar-refractivity contribution < 1.29 is 9.59 Å². The second kappa shape index (κ2) is 8.14. The Balaban J connectivity index is 2.46. The van der Waals surface area contributed by atoms with Crippen LogP contribution in [0.15, 0.2) is 24.3 Å². The third-order valence-corrected chi connectivity index (χ3v) is 3.12.